The molecule has 0 aliphatic carbocycles. The second-order valence-corrected chi connectivity index (χ2v) is 9.93. The number of carbonyl (C=O) groups excluding carboxylic acids is 3. The zero-order valence-electron chi connectivity index (χ0n) is 18.4. The van der Waals surface area contributed by atoms with Crippen LogP contribution in [0.4, 0.5) is 5.69 Å². The number of aromatic nitrogens is 2. The van der Waals surface area contributed by atoms with Crippen LogP contribution in [0, 0.1) is 15.5 Å². The van der Waals surface area contributed by atoms with E-state index in [0.717, 1.165) is 0 Å². The van der Waals surface area contributed by atoms with Gasteiger partial charge in [-0.1, -0.05) is 0 Å². The summed E-state index contributed by atoms with van der Waals surface area (Å²) in [5.41, 5.74) is 0.964. The number of fused-ring (bicyclic) bond motifs is 2. The van der Waals surface area contributed by atoms with Crippen molar-refractivity contribution in [1.82, 2.24) is 14.9 Å². The Labute approximate surface area is 192 Å². The zero-order chi connectivity index (χ0) is 24.1. The van der Waals surface area contributed by atoms with E-state index in [2.05, 4.69) is 9.97 Å². The molecule has 1 aromatic heterocycles. The van der Waals surface area contributed by atoms with E-state index in [4.69, 9.17) is 9.47 Å². The third-order valence-corrected chi connectivity index (χ3v) is 6.76. The van der Waals surface area contributed by atoms with Crippen molar-refractivity contribution in [2.24, 2.45) is 5.41 Å². The van der Waals surface area contributed by atoms with Crippen LogP contribution >= 0.6 is 11.8 Å². The zero-order valence-corrected chi connectivity index (χ0v) is 19.2. The van der Waals surface area contributed by atoms with Crippen molar-refractivity contribution in [1.29, 1.82) is 0 Å². The number of aromatic amines is 1. The van der Waals surface area contributed by atoms with Crippen LogP contribution in [0.2, 0.25) is 0 Å². The van der Waals surface area contributed by atoms with E-state index < -0.39 is 35.0 Å². The summed E-state index contributed by atoms with van der Waals surface area (Å²) in [6.45, 7) is 6.24. The number of esters is 2. The third kappa shape index (κ3) is 4.06. The third-order valence-electron chi connectivity index (χ3n) is 5.33. The number of nitro benzene ring substituents is 1. The van der Waals surface area contributed by atoms with Gasteiger partial charge in [0.05, 0.1) is 21.4 Å². The summed E-state index contributed by atoms with van der Waals surface area (Å²) in [5.74, 6) is -1.33. The molecule has 2 atom stereocenters. The molecule has 1 amide bonds. The van der Waals surface area contributed by atoms with E-state index in [-0.39, 0.29) is 22.7 Å². The summed E-state index contributed by atoms with van der Waals surface area (Å²) in [6, 6.07) is 4.24. The number of rotatable bonds is 5. The first kappa shape index (κ1) is 22.8. The second-order valence-electron chi connectivity index (χ2n) is 8.83. The summed E-state index contributed by atoms with van der Waals surface area (Å²) >= 11 is 1.48. The monoisotopic (exact) mass is 474 g/mol. The van der Waals surface area contributed by atoms with Crippen LogP contribution in [-0.4, -0.2) is 55.6 Å². The number of nitrogens with zero attached hydrogens (tertiary/aromatic N) is 3. The molecule has 0 saturated carbocycles. The van der Waals surface area contributed by atoms with Crippen LogP contribution in [-0.2, 0) is 23.9 Å². The highest BCUT2D eigenvalue weighted by atomic mass is 32.2. The van der Waals surface area contributed by atoms with Crippen molar-refractivity contribution in [2.45, 2.75) is 39.0 Å². The van der Waals surface area contributed by atoms with Gasteiger partial charge in [0.15, 0.2) is 0 Å². The standard InChI is InChI=1S/C21H22N4O7S/c1-10-8-33-18-14(16-22-12-6-5-11(25(29)30)7-13(12)23-16)17(26)24(18)15(10)19(27)31-9-32-20(28)21(2,3)4/h5-7,14,18H,8-9H2,1-4H3,(H,22,23)/t14?,18-/m1/s1. The molecule has 174 valence electrons. The van der Waals surface area contributed by atoms with Gasteiger partial charge in [0.1, 0.15) is 22.8 Å². The van der Waals surface area contributed by atoms with Crippen molar-refractivity contribution in [3.05, 3.63) is 45.4 Å². The maximum absolute atomic E-state index is 13.0. The molecule has 33 heavy (non-hydrogen) atoms. The topological polar surface area (TPSA) is 145 Å². The maximum Gasteiger partial charge on any atom is 0.357 e. The van der Waals surface area contributed by atoms with Crippen molar-refractivity contribution < 1.29 is 28.8 Å². The van der Waals surface area contributed by atoms with Crippen LogP contribution in [0.3, 0.4) is 0 Å². The fourth-order valence-corrected chi connectivity index (χ4v) is 4.93. The average Bonchev–Trinajstić information content (AvgIpc) is 3.15. The molecule has 2 aliphatic rings. The molecule has 12 heteroatoms. The van der Waals surface area contributed by atoms with E-state index in [1.807, 2.05) is 0 Å². The molecule has 2 aliphatic heterocycles. The fraction of sp³-hybridized carbons (Fsp3) is 0.429. The highest BCUT2D eigenvalue weighted by Crippen LogP contribution is 2.48. The summed E-state index contributed by atoms with van der Waals surface area (Å²) in [7, 11) is 0. The molecule has 0 radical (unpaired) electrons. The first-order valence-electron chi connectivity index (χ1n) is 10.1. The van der Waals surface area contributed by atoms with E-state index in [1.54, 1.807) is 27.7 Å². The number of thioether (sulfide) groups is 1. The van der Waals surface area contributed by atoms with E-state index in [9.17, 15) is 24.5 Å². The van der Waals surface area contributed by atoms with E-state index in [0.29, 0.717) is 28.2 Å². The number of benzene rings is 1. The molecule has 4 rings (SSSR count). The number of non-ortho nitro benzene ring substituents is 1. The van der Waals surface area contributed by atoms with Crippen molar-refractivity contribution in [3.63, 3.8) is 0 Å². The Bertz CT molecular complexity index is 1210. The van der Waals surface area contributed by atoms with E-state index >= 15 is 0 Å². The smallest absolute Gasteiger partial charge is 0.357 e. The molecule has 1 saturated heterocycles. The Balaban J connectivity index is 1.50. The van der Waals surface area contributed by atoms with Crippen molar-refractivity contribution in [2.75, 3.05) is 12.5 Å². The van der Waals surface area contributed by atoms with Crippen molar-refractivity contribution >= 4 is 46.3 Å². The lowest BCUT2D eigenvalue weighted by atomic mass is 9.95. The summed E-state index contributed by atoms with van der Waals surface area (Å²) < 4.78 is 10.1. The lowest BCUT2D eigenvalue weighted by Crippen LogP contribution is -2.60. The minimum atomic E-state index is -0.744. The number of hydrogen-bond donors (Lipinski definition) is 1. The number of nitrogens with one attached hydrogen (secondary N) is 1. The largest absolute Gasteiger partial charge is 0.427 e. The summed E-state index contributed by atoms with van der Waals surface area (Å²) in [4.78, 5) is 56.9. The Morgan fingerprint density at radius 1 is 1.33 bits per heavy atom. The van der Waals surface area contributed by atoms with Gasteiger partial charge in [0.25, 0.3) is 5.69 Å². The average molecular weight is 474 g/mol. The number of H-pyrrole nitrogens is 1. The SMILES string of the molecule is CC1=C(C(=O)OCOC(=O)C(C)(C)C)N2C(=O)C(c3nc4ccc([N+](=O)[O-])cc4[nH]3)[C@H]2SC1. The first-order chi connectivity index (χ1) is 15.5. The van der Waals surface area contributed by atoms with Crippen LogP contribution in [0.15, 0.2) is 29.5 Å². The lowest BCUT2D eigenvalue weighted by molar-refractivity contribution is -0.384. The minimum Gasteiger partial charge on any atom is -0.427 e. The van der Waals surface area contributed by atoms with Crippen LogP contribution in [0.1, 0.15) is 39.4 Å². The lowest BCUT2D eigenvalue weighted by Gasteiger charge is -2.48. The van der Waals surface area contributed by atoms with Gasteiger partial charge in [0.2, 0.25) is 12.7 Å². The fourth-order valence-electron chi connectivity index (χ4n) is 3.58. The van der Waals surface area contributed by atoms with Crippen LogP contribution < -0.4 is 0 Å². The number of nitro groups is 1. The number of ether oxygens (including phenoxy) is 2. The van der Waals surface area contributed by atoms with Crippen LogP contribution in [0.5, 0.6) is 0 Å². The first-order valence-corrected chi connectivity index (χ1v) is 11.2. The molecule has 1 unspecified atom stereocenters. The number of β-lactam (4-membered cyclic amide) rings is 1. The highest BCUT2D eigenvalue weighted by molar-refractivity contribution is 8.00. The molecule has 11 nitrogen and oxygen atoms in total. The number of hydrogen-bond acceptors (Lipinski definition) is 9. The van der Waals surface area contributed by atoms with Gasteiger partial charge >= 0.3 is 11.9 Å². The van der Waals surface area contributed by atoms with Gasteiger partial charge in [0, 0.05) is 17.9 Å². The van der Waals surface area contributed by atoms with E-state index in [1.165, 1.54) is 34.9 Å². The van der Waals surface area contributed by atoms with Gasteiger partial charge < -0.3 is 14.5 Å². The molecular weight excluding hydrogens is 452 g/mol. The molecular formula is C21H22N4O7S. The Hall–Kier alpha value is -3.41. The summed E-state index contributed by atoms with van der Waals surface area (Å²) in [5, 5.41) is 10.6. The quantitative estimate of drug-likeness (QED) is 0.227. The Morgan fingerprint density at radius 3 is 2.73 bits per heavy atom. The summed E-state index contributed by atoms with van der Waals surface area (Å²) in [6.07, 6.45) is 0. The number of carbonyl (C=O) groups is 3. The van der Waals surface area contributed by atoms with Gasteiger partial charge in [-0.15, -0.1) is 11.8 Å². The van der Waals surface area contributed by atoms with Crippen molar-refractivity contribution in [3.8, 4) is 0 Å². The Morgan fingerprint density at radius 2 is 2.06 bits per heavy atom. The predicted molar refractivity (Wildman–Crippen MR) is 118 cm³/mol. The molecule has 3 heterocycles. The van der Waals surface area contributed by atoms with Gasteiger partial charge in [-0.25, -0.2) is 9.78 Å². The van der Waals surface area contributed by atoms with Gasteiger partial charge in [-0.05, 0) is 39.3 Å². The number of imidazole rings is 1. The molecule has 0 bridgehead atoms. The maximum atomic E-state index is 13.0. The minimum absolute atomic E-state index is 0.0814. The molecule has 0 spiro atoms. The molecule has 1 aromatic carbocycles. The predicted octanol–water partition coefficient (Wildman–Crippen LogP) is 2.83. The highest BCUT2D eigenvalue weighted by Gasteiger charge is 2.55. The number of amides is 1. The van der Waals surface area contributed by atoms with Gasteiger partial charge in [-0.2, -0.15) is 0 Å². The Kier molecular flexibility index (Phi) is 5.64. The molecule has 1 fully saturated rings. The molecule has 2 aromatic rings. The normalized spacial score (nSPS) is 20.4. The molecule has 1 N–H and O–H groups in total. The second kappa shape index (κ2) is 8.18. The van der Waals surface area contributed by atoms with Gasteiger partial charge in [-0.3, -0.25) is 24.6 Å². The van der Waals surface area contributed by atoms with Crippen LogP contribution in [0.25, 0.3) is 11.0 Å².